The van der Waals surface area contributed by atoms with Crippen LogP contribution in [0.2, 0.25) is 0 Å². The van der Waals surface area contributed by atoms with Crippen LogP contribution >= 0.6 is 0 Å². The molecule has 2 saturated carbocycles. The van der Waals surface area contributed by atoms with Gasteiger partial charge in [-0.1, -0.05) is 31.5 Å². The number of nitrogens with one attached hydrogen (secondary N) is 1. The highest BCUT2D eigenvalue weighted by atomic mass is 16.2. The molecule has 0 unspecified atom stereocenters. The Morgan fingerprint density at radius 2 is 1.69 bits per heavy atom. The van der Waals surface area contributed by atoms with Crippen LogP contribution in [0.1, 0.15) is 57.6 Å². The van der Waals surface area contributed by atoms with Gasteiger partial charge in [-0.3, -0.25) is 9.59 Å². The van der Waals surface area contributed by atoms with Gasteiger partial charge in [0.2, 0.25) is 5.91 Å². The lowest BCUT2D eigenvalue weighted by molar-refractivity contribution is -0.134. The summed E-state index contributed by atoms with van der Waals surface area (Å²) in [5, 5.41) is 8.13. The van der Waals surface area contributed by atoms with Crippen LogP contribution in [0.25, 0.3) is 10.8 Å². The number of hydrogen-bond acceptors (Lipinski definition) is 3. The summed E-state index contributed by atoms with van der Waals surface area (Å²) >= 11 is 0. The van der Waals surface area contributed by atoms with Crippen LogP contribution in [0, 0.1) is 5.92 Å². The molecule has 1 heterocycles. The minimum atomic E-state index is -0.200. The Morgan fingerprint density at radius 3 is 2.31 bits per heavy atom. The third kappa shape index (κ3) is 3.39. The minimum absolute atomic E-state index is 0.164. The highest BCUT2D eigenvalue weighted by Gasteiger charge is 2.38. The van der Waals surface area contributed by atoms with E-state index < -0.39 is 0 Å². The van der Waals surface area contributed by atoms with Crippen molar-refractivity contribution in [3.8, 4) is 0 Å². The molecule has 1 amide bonds. The van der Waals surface area contributed by atoms with Crippen LogP contribution in [0.5, 0.6) is 0 Å². The molecule has 0 atom stereocenters. The van der Waals surface area contributed by atoms with Gasteiger partial charge in [-0.05, 0) is 50.5 Å². The molecule has 2 aliphatic carbocycles. The summed E-state index contributed by atoms with van der Waals surface area (Å²) in [6, 6.07) is 8.20. The summed E-state index contributed by atoms with van der Waals surface area (Å²) in [5.41, 5.74) is 0.479. The van der Waals surface area contributed by atoms with Crippen molar-refractivity contribution < 1.29 is 4.79 Å². The lowest BCUT2D eigenvalue weighted by Gasteiger charge is -2.37. The molecule has 2 fully saturated rings. The number of carbonyl (C=O) groups is 1. The number of amides is 1. The topological polar surface area (TPSA) is 66.1 Å². The summed E-state index contributed by atoms with van der Waals surface area (Å²) in [6.07, 6.45) is 8.48. The molecular formula is C21H27N3O2. The molecule has 1 aromatic carbocycles. The first-order valence-corrected chi connectivity index (χ1v) is 9.94. The second-order valence-electron chi connectivity index (χ2n) is 7.84. The number of nitrogens with zero attached hydrogens (tertiary/aromatic N) is 2. The van der Waals surface area contributed by atoms with E-state index in [2.05, 4.69) is 22.0 Å². The predicted octanol–water partition coefficient (Wildman–Crippen LogP) is 3.43. The Balaban J connectivity index is 1.55. The van der Waals surface area contributed by atoms with E-state index in [1.165, 1.54) is 19.3 Å². The van der Waals surface area contributed by atoms with E-state index in [9.17, 15) is 9.59 Å². The fourth-order valence-corrected chi connectivity index (χ4v) is 4.43. The Bertz CT molecular complexity index is 848. The van der Waals surface area contributed by atoms with Gasteiger partial charge in [-0.15, -0.1) is 0 Å². The number of aromatic nitrogens is 2. The summed E-state index contributed by atoms with van der Waals surface area (Å²) in [5.74, 6) is 0.990. The first kappa shape index (κ1) is 17.3. The molecule has 2 aromatic rings. The molecule has 5 heteroatoms. The number of rotatable bonds is 5. The molecule has 26 heavy (non-hydrogen) atoms. The van der Waals surface area contributed by atoms with Gasteiger partial charge >= 0.3 is 0 Å². The van der Waals surface area contributed by atoms with Crippen LogP contribution in [0.4, 0.5) is 0 Å². The molecule has 1 N–H and O–H groups in total. The quantitative estimate of drug-likeness (QED) is 0.895. The van der Waals surface area contributed by atoms with Gasteiger partial charge in [0, 0.05) is 17.5 Å². The monoisotopic (exact) mass is 353 g/mol. The van der Waals surface area contributed by atoms with Crippen LogP contribution in [-0.2, 0) is 11.2 Å². The van der Waals surface area contributed by atoms with Gasteiger partial charge in [0.1, 0.15) is 0 Å². The Kier molecular flexibility index (Phi) is 4.79. The van der Waals surface area contributed by atoms with Crippen molar-refractivity contribution in [3.05, 3.63) is 40.3 Å². The molecule has 0 radical (unpaired) electrons. The number of aromatic amines is 1. The fraction of sp³-hybridized carbons (Fsp3) is 0.571. The number of fused-ring (bicyclic) bond motifs is 1. The molecule has 0 saturated heterocycles. The van der Waals surface area contributed by atoms with E-state index in [1.807, 2.05) is 18.2 Å². The lowest BCUT2D eigenvalue weighted by Crippen LogP contribution is -2.44. The molecule has 2 aliphatic rings. The second-order valence-corrected chi connectivity index (χ2v) is 7.84. The third-order valence-corrected chi connectivity index (χ3v) is 6.11. The van der Waals surface area contributed by atoms with Crippen molar-refractivity contribution in [2.45, 2.75) is 70.4 Å². The molecule has 5 nitrogen and oxygen atoms in total. The van der Waals surface area contributed by atoms with Gasteiger partial charge < -0.3 is 4.90 Å². The SMILES string of the molecule is CCC1CCC(N(C(=O)Cc2n[nH]c(=O)c3ccccc23)C2CC2)CC1. The van der Waals surface area contributed by atoms with Gasteiger partial charge in [-0.2, -0.15) is 5.10 Å². The summed E-state index contributed by atoms with van der Waals surface area (Å²) < 4.78 is 0. The first-order chi connectivity index (χ1) is 12.7. The maximum absolute atomic E-state index is 13.2. The first-order valence-electron chi connectivity index (χ1n) is 9.94. The number of hydrogen-bond donors (Lipinski definition) is 1. The average molecular weight is 353 g/mol. The maximum Gasteiger partial charge on any atom is 0.272 e. The second kappa shape index (κ2) is 7.22. The standard InChI is InChI=1S/C21H27N3O2/c1-2-14-7-9-15(10-8-14)24(16-11-12-16)20(25)13-19-17-5-3-4-6-18(17)21(26)23-22-19/h3-6,14-16H,2,7-13H2,1H3,(H,23,26). The molecule has 4 rings (SSSR count). The highest BCUT2D eigenvalue weighted by Crippen LogP contribution is 2.36. The van der Waals surface area contributed by atoms with E-state index in [4.69, 9.17) is 0 Å². The molecule has 0 aliphatic heterocycles. The molecule has 0 spiro atoms. The summed E-state index contributed by atoms with van der Waals surface area (Å²) in [7, 11) is 0. The van der Waals surface area contributed by atoms with Crippen molar-refractivity contribution in [2.24, 2.45) is 5.92 Å². The van der Waals surface area contributed by atoms with Crippen molar-refractivity contribution in [1.29, 1.82) is 0 Å². The Hall–Kier alpha value is -2.17. The zero-order valence-corrected chi connectivity index (χ0v) is 15.4. The smallest absolute Gasteiger partial charge is 0.272 e. The van der Waals surface area contributed by atoms with Crippen molar-refractivity contribution >= 4 is 16.7 Å². The van der Waals surface area contributed by atoms with Gasteiger partial charge in [0.05, 0.1) is 17.5 Å². The van der Waals surface area contributed by atoms with E-state index >= 15 is 0 Å². The van der Waals surface area contributed by atoms with E-state index in [-0.39, 0.29) is 17.9 Å². The molecule has 138 valence electrons. The molecule has 1 aromatic heterocycles. The van der Waals surface area contributed by atoms with Crippen molar-refractivity contribution in [3.63, 3.8) is 0 Å². The third-order valence-electron chi connectivity index (χ3n) is 6.11. The number of benzene rings is 1. The van der Waals surface area contributed by atoms with Crippen LogP contribution in [-0.4, -0.2) is 33.1 Å². The van der Waals surface area contributed by atoms with Crippen LogP contribution in [0.3, 0.4) is 0 Å². The fourth-order valence-electron chi connectivity index (χ4n) is 4.43. The van der Waals surface area contributed by atoms with Crippen molar-refractivity contribution in [2.75, 3.05) is 0 Å². The Morgan fingerprint density at radius 1 is 1.08 bits per heavy atom. The Labute approximate surface area is 153 Å². The van der Waals surface area contributed by atoms with Gasteiger partial charge in [-0.25, -0.2) is 5.10 Å². The minimum Gasteiger partial charge on any atom is -0.336 e. The largest absolute Gasteiger partial charge is 0.336 e. The summed E-state index contributed by atoms with van der Waals surface area (Å²) in [6.45, 7) is 2.27. The normalized spacial score (nSPS) is 23.1. The molecule has 0 bridgehead atoms. The van der Waals surface area contributed by atoms with E-state index in [0.717, 1.165) is 37.0 Å². The van der Waals surface area contributed by atoms with E-state index in [0.29, 0.717) is 23.2 Å². The maximum atomic E-state index is 13.2. The van der Waals surface area contributed by atoms with Gasteiger partial charge in [0.15, 0.2) is 0 Å². The zero-order valence-electron chi connectivity index (χ0n) is 15.4. The number of carbonyl (C=O) groups excluding carboxylic acids is 1. The van der Waals surface area contributed by atoms with Gasteiger partial charge in [0.25, 0.3) is 5.56 Å². The predicted molar refractivity (Wildman–Crippen MR) is 102 cm³/mol. The molecular weight excluding hydrogens is 326 g/mol. The number of H-pyrrole nitrogens is 1. The van der Waals surface area contributed by atoms with Crippen LogP contribution < -0.4 is 5.56 Å². The zero-order chi connectivity index (χ0) is 18.1. The lowest BCUT2D eigenvalue weighted by atomic mass is 9.83. The van der Waals surface area contributed by atoms with Crippen molar-refractivity contribution in [1.82, 2.24) is 15.1 Å². The highest BCUT2D eigenvalue weighted by molar-refractivity contribution is 5.88. The summed E-state index contributed by atoms with van der Waals surface area (Å²) in [4.78, 5) is 27.3. The average Bonchev–Trinajstić information content (AvgIpc) is 3.50. The van der Waals surface area contributed by atoms with E-state index in [1.54, 1.807) is 6.07 Å². The van der Waals surface area contributed by atoms with Crippen LogP contribution in [0.15, 0.2) is 29.1 Å².